The smallest absolute Gasteiger partial charge is 0.256 e. The Labute approximate surface area is 150 Å². The van der Waals surface area contributed by atoms with Crippen molar-refractivity contribution in [2.75, 3.05) is 26.0 Å². The van der Waals surface area contributed by atoms with E-state index in [4.69, 9.17) is 4.74 Å². The molecule has 3 atom stereocenters. The number of carbonyl (C=O) groups excluding carboxylic acids is 1. The third kappa shape index (κ3) is 2.07. The van der Waals surface area contributed by atoms with Crippen molar-refractivity contribution in [1.29, 1.82) is 0 Å². The van der Waals surface area contributed by atoms with E-state index >= 15 is 0 Å². The van der Waals surface area contributed by atoms with Gasteiger partial charge in [0.25, 0.3) is 11.9 Å². The van der Waals surface area contributed by atoms with Gasteiger partial charge in [0.1, 0.15) is 5.75 Å². The number of carbonyl (C=O) groups is 1. The molecule has 2 aliphatic rings. The predicted molar refractivity (Wildman–Crippen MR) is 95.9 cm³/mol. The highest BCUT2D eigenvalue weighted by atomic mass is 16.6. The summed E-state index contributed by atoms with van der Waals surface area (Å²) in [4.78, 5) is 26.6. The third-order valence-electron chi connectivity index (χ3n) is 5.58. The molecule has 4 rings (SSSR count). The van der Waals surface area contributed by atoms with E-state index in [2.05, 4.69) is 5.32 Å². The molecular formula is C19H19N3O4. The summed E-state index contributed by atoms with van der Waals surface area (Å²) < 4.78 is 5.18. The number of methoxy groups -OCH3 is 1. The van der Waals surface area contributed by atoms with Crippen LogP contribution in [0.1, 0.15) is 17.0 Å². The number of likely N-dealkylation sites (N-methyl/N-ethyl adjacent to an activating group) is 1. The highest BCUT2D eigenvalue weighted by Crippen LogP contribution is 2.51. The molecule has 0 saturated carbocycles. The molecule has 2 aromatic carbocycles. The molecular weight excluding hydrogens is 334 g/mol. The van der Waals surface area contributed by atoms with Gasteiger partial charge in [-0.1, -0.05) is 30.3 Å². The van der Waals surface area contributed by atoms with Crippen LogP contribution in [0.15, 0.2) is 48.5 Å². The quantitative estimate of drug-likeness (QED) is 0.676. The lowest BCUT2D eigenvalue weighted by Crippen LogP contribution is -2.54. The summed E-state index contributed by atoms with van der Waals surface area (Å²) in [5.41, 5.74) is 0.843. The van der Waals surface area contributed by atoms with Gasteiger partial charge in [-0.15, -0.1) is 0 Å². The van der Waals surface area contributed by atoms with Gasteiger partial charge in [-0.25, -0.2) is 0 Å². The van der Waals surface area contributed by atoms with Gasteiger partial charge in [0, 0.05) is 22.7 Å². The molecule has 0 bridgehead atoms. The molecule has 1 saturated heterocycles. The standard InChI is InChI=1S/C19H19N3O4/c1-21-11-14(12-7-9-13(26-2)10-8-12)17(22(24)25)19(21)15-5-3-4-6-16(15)20-18(19)23/h3-10,14,17H,11H2,1-2H3,(H,20,23)/t14-,17+,19-/m0/s1. The van der Waals surface area contributed by atoms with Crippen molar-refractivity contribution < 1.29 is 14.5 Å². The minimum Gasteiger partial charge on any atom is -0.497 e. The van der Waals surface area contributed by atoms with Gasteiger partial charge >= 0.3 is 0 Å². The Morgan fingerprint density at radius 1 is 1.23 bits per heavy atom. The highest BCUT2D eigenvalue weighted by Gasteiger charge is 2.68. The lowest BCUT2D eigenvalue weighted by Gasteiger charge is -2.30. The molecule has 1 N–H and O–H groups in total. The van der Waals surface area contributed by atoms with Crippen LogP contribution >= 0.6 is 0 Å². The van der Waals surface area contributed by atoms with Crippen molar-refractivity contribution in [2.24, 2.45) is 0 Å². The fraction of sp³-hybridized carbons (Fsp3) is 0.316. The average molecular weight is 353 g/mol. The Bertz CT molecular complexity index is 883. The first-order chi connectivity index (χ1) is 12.5. The van der Waals surface area contributed by atoms with Crippen molar-refractivity contribution in [3.63, 3.8) is 0 Å². The second-order valence-electron chi connectivity index (χ2n) is 6.76. The molecule has 134 valence electrons. The molecule has 26 heavy (non-hydrogen) atoms. The van der Waals surface area contributed by atoms with Gasteiger partial charge < -0.3 is 10.1 Å². The molecule has 2 aliphatic heterocycles. The topological polar surface area (TPSA) is 84.7 Å². The number of para-hydroxylation sites is 1. The highest BCUT2D eigenvalue weighted by molar-refractivity contribution is 6.06. The zero-order chi connectivity index (χ0) is 18.5. The second kappa shape index (κ2) is 5.81. The van der Waals surface area contributed by atoms with E-state index in [1.165, 1.54) is 0 Å². The summed E-state index contributed by atoms with van der Waals surface area (Å²) in [5.74, 6) is -0.0480. The van der Waals surface area contributed by atoms with Crippen LogP contribution in [-0.4, -0.2) is 42.5 Å². The van der Waals surface area contributed by atoms with Gasteiger partial charge in [-0.2, -0.15) is 0 Å². The Morgan fingerprint density at radius 3 is 2.58 bits per heavy atom. The minimum atomic E-state index is -1.30. The average Bonchev–Trinajstić information content (AvgIpc) is 3.11. The van der Waals surface area contributed by atoms with Crippen LogP contribution in [-0.2, 0) is 10.3 Å². The first kappa shape index (κ1) is 16.5. The van der Waals surface area contributed by atoms with Crippen LogP contribution in [0.5, 0.6) is 5.75 Å². The molecule has 2 heterocycles. The molecule has 0 aliphatic carbocycles. The number of anilines is 1. The van der Waals surface area contributed by atoms with Gasteiger partial charge in [0.2, 0.25) is 0 Å². The van der Waals surface area contributed by atoms with Gasteiger partial charge in [0.15, 0.2) is 5.54 Å². The molecule has 7 heteroatoms. The maximum absolute atomic E-state index is 13.0. The summed E-state index contributed by atoms with van der Waals surface area (Å²) in [6.07, 6.45) is 0. The molecule has 0 unspecified atom stereocenters. The van der Waals surface area contributed by atoms with E-state index in [9.17, 15) is 14.9 Å². The molecule has 1 amide bonds. The second-order valence-corrected chi connectivity index (χ2v) is 6.76. The van der Waals surface area contributed by atoms with E-state index in [0.29, 0.717) is 23.5 Å². The minimum absolute atomic E-state index is 0.305. The summed E-state index contributed by atoms with van der Waals surface area (Å²) >= 11 is 0. The normalized spacial score (nSPS) is 27.4. The maximum atomic E-state index is 13.0. The molecule has 0 radical (unpaired) electrons. The number of nitrogens with zero attached hydrogens (tertiary/aromatic N) is 2. The number of hydrogen-bond acceptors (Lipinski definition) is 5. The lowest BCUT2D eigenvalue weighted by molar-refractivity contribution is -0.534. The largest absolute Gasteiger partial charge is 0.497 e. The first-order valence-electron chi connectivity index (χ1n) is 8.39. The third-order valence-corrected chi connectivity index (χ3v) is 5.58. The number of rotatable bonds is 3. The summed E-state index contributed by atoms with van der Waals surface area (Å²) in [7, 11) is 3.36. The maximum Gasteiger partial charge on any atom is 0.256 e. The Kier molecular flexibility index (Phi) is 3.69. The molecule has 0 aromatic heterocycles. The molecule has 7 nitrogen and oxygen atoms in total. The summed E-state index contributed by atoms with van der Waals surface area (Å²) in [6, 6.07) is 13.4. The molecule has 2 aromatic rings. The SMILES string of the molecule is COc1ccc([C@@H]2CN(C)[C@]3(C(=O)Nc4ccccc43)[C@@H]2[N+](=O)[O-])cc1. The Balaban J connectivity index is 1.86. The van der Waals surface area contributed by atoms with E-state index in [-0.39, 0.29) is 10.8 Å². The number of nitro groups is 1. The lowest BCUT2D eigenvalue weighted by atomic mass is 9.79. The number of nitrogens with one attached hydrogen (secondary N) is 1. The van der Waals surface area contributed by atoms with Crippen molar-refractivity contribution >= 4 is 11.6 Å². The number of amides is 1. The van der Waals surface area contributed by atoms with Crippen molar-refractivity contribution in [3.8, 4) is 5.75 Å². The Morgan fingerprint density at radius 2 is 1.92 bits per heavy atom. The fourth-order valence-electron chi connectivity index (χ4n) is 4.43. The van der Waals surface area contributed by atoms with E-state index in [1.54, 1.807) is 38.4 Å². The van der Waals surface area contributed by atoms with Crippen molar-refractivity contribution in [2.45, 2.75) is 17.5 Å². The number of hydrogen-bond donors (Lipinski definition) is 1. The van der Waals surface area contributed by atoms with Gasteiger partial charge in [-0.3, -0.25) is 19.8 Å². The number of benzene rings is 2. The first-order valence-corrected chi connectivity index (χ1v) is 8.39. The van der Waals surface area contributed by atoms with E-state index < -0.39 is 17.5 Å². The van der Waals surface area contributed by atoms with Crippen LogP contribution in [0.2, 0.25) is 0 Å². The van der Waals surface area contributed by atoms with Gasteiger partial charge in [-0.05, 0) is 30.8 Å². The monoisotopic (exact) mass is 353 g/mol. The molecule has 1 spiro atoms. The van der Waals surface area contributed by atoms with E-state index in [1.807, 2.05) is 29.2 Å². The van der Waals surface area contributed by atoms with E-state index in [0.717, 1.165) is 5.56 Å². The predicted octanol–water partition coefficient (Wildman–Crippen LogP) is 2.22. The zero-order valence-electron chi connectivity index (χ0n) is 14.5. The number of fused-ring (bicyclic) bond motifs is 2. The number of ether oxygens (including phenoxy) is 1. The van der Waals surface area contributed by atoms with Crippen LogP contribution in [0.25, 0.3) is 0 Å². The van der Waals surface area contributed by atoms with Crippen molar-refractivity contribution in [3.05, 3.63) is 69.8 Å². The van der Waals surface area contributed by atoms with Crippen molar-refractivity contribution in [1.82, 2.24) is 4.90 Å². The Hall–Kier alpha value is -2.93. The number of likely N-dealkylation sites (tertiary alicyclic amines) is 1. The van der Waals surface area contributed by atoms with Crippen LogP contribution in [0.4, 0.5) is 5.69 Å². The van der Waals surface area contributed by atoms with Crippen LogP contribution in [0.3, 0.4) is 0 Å². The summed E-state index contributed by atoms with van der Waals surface area (Å²) in [6.45, 7) is 0.416. The van der Waals surface area contributed by atoms with Gasteiger partial charge in [0.05, 0.1) is 13.0 Å². The summed E-state index contributed by atoms with van der Waals surface area (Å²) in [5, 5.41) is 15.0. The molecule has 1 fully saturated rings. The van der Waals surface area contributed by atoms with Crippen LogP contribution < -0.4 is 10.1 Å². The van der Waals surface area contributed by atoms with Crippen LogP contribution in [0, 0.1) is 10.1 Å². The fourth-order valence-corrected chi connectivity index (χ4v) is 4.43. The zero-order valence-corrected chi connectivity index (χ0v) is 14.5.